The standard InChI is InChI=1S/C21H36O2/c1-15(14-19(22)23-6)10-12-20(4)17(3)11-13-21(5)16(2)8-7-9-18(20)21/h15,17-18H,2,7-14H2,1,3-6H3/t15-,17+,18+,20-,21-/m1/s1. The van der Waals surface area contributed by atoms with Crippen LogP contribution in [0.15, 0.2) is 12.2 Å². The molecule has 0 saturated heterocycles. The average Bonchev–Trinajstić information content (AvgIpc) is 2.52. The molecule has 23 heavy (non-hydrogen) atoms. The topological polar surface area (TPSA) is 26.3 Å². The fraction of sp³-hybridized carbons (Fsp3) is 0.857. The second kappa shape index (κ2) is 6.99. The predicted octanol–water partition coefficient (Wildman–Crippen LogP) is 5.76. The van der Waals surface area contributed by atoms with Crippen molar-refractivity contribution in [1.82, 2.24) is 0 Å². The summed E-state index contributed by atoms with van der Waals surface area (Å²) in [6, 6.07) is 0. The fourth-order valence-corrected chi connectivity index (χ4v) is 5.42. The minimum atomic E-state index is -0.0739. The molecule has 0 aromatic rings. The highest BCUT2D eigenvalue weighted by atomic mass is 16.5. The molecule has 0 spiro atoms. The number of carbonyl (C=O) groups excluding carboxylic acids is 1. The van der Waals surface area contributed by atoms with Crippen LogP contribution in [0.4, 0.5) is 0 Å². The van der Waals surface area contributed by atoms with E-state index >= 15 is 0 Å². The molecule has 2 saturated carbocycles. The van der Waals surface area contributed by atoms with Gasteiger partial charge in [0.1, 0.15) is 0 Å². The minimum Gasteiger partial charge on any atom is -0.469 e. The van der Waals surface area contributed by atoms with Crippen LogP contribution < -0.4 is 0 Å². The molecule has 0 aromatic heterocycles. The van der Waals surface area contributed by atoms with E-state index in [4.69, 9.17) is 4.74 Å². The largest absolute Gasteiger partial charge is 0.469 e. The molecule has 5 atom stereocenters. The van der Waals surface area contributed by atoms with Crippen molar-refractivity contribution in [3.8, 4) is 0 Å². The van der Waals surface area contributed by atoms with Crippen molar-refractivity contribution < 1.29 is 9.53 Å². The first-order valence-electron chi connectivity index (χ1n) is 9.49. The van der Waals surface area contributed by atoms with E-state index in [1.165, 1.54) is 51.2 Å². The molecule has 0 amide bonds. The third-order valence-corrected chi connectivity index (χ3v) is 7.49. The zero-order valence-electron chi connectivity index (χ0n) is 15.9. The van der Waals surface area contributed by atoms with Gasteiger partial charge in [-0.2, -0.15) is 0 Å². The van der Waals surface area contributed by atoms with Gasteiger partial charge in [0.25, 0.3) is 0 Å². The molecule has 0 radical (unpaired) electrons. The molecule has 2 nitrogen and oxygen atoms in total. The normalized spacial score (nSPS) is 38.7. The third kappa shape index (κ3) is 3.51. The van der Waals surface area contributed by atoms with Crippen LogP contribution in [0.1, 0.15) is 79.1 Å². The van der Waals surface area contributed by atoms with E-state index < -0.39 is 0 Å². The number of ether oxygens (including phenoxy) is 1. The Labute approximate surface area is 143 Å². The summed E-state index contributed by atoms with van der Waals surface area (Å²) in [7, 11) is 1.48. The van der Waals surface area contributed by atoms with Crippen molar-refractivity contribution in [3.05, 3.63) is 12.2 Å². The maximum atomic E-state index is 11.5. The molecular formula is C21H36O2. The van der Waals surface area contributed by atoms with Crippen LogP contribution in [0.25, 0.3) is 0 Å². The summed E-state index contributed by atoms with van der Waals surface area (Å²) in [6.07, 6.45) is 9.39. The van der Waals surface area contributed by atoms with Crippen molar-refractivity contribution in [2.45, 2.75) is 79.1 Å². The van der Waals surface area contributed by atoms with Crippen LogP contribution in [-0.4, -0.2) is 13.1 Å². The number of rotatable bonds is 5. The Hall–Kier alpha value is -0.790. The minimum absolute atomic E-state index is 0.0739. The Morgan fingerprint density at radius 3 is 2.74 bits per heavy atom. The first kappa shape index (κ1) is 18.5. The van der Waals surface area contributed by atoms with Crippen molar-refractivity contribution >= 4 is 5.97 Å². The highest BCUT2D eigenvalue weighted by molar-refractivity contribution is 5.69. The van der Waals surface area contributed by atoms with Crippen LogP contribution in [0.5, 0.6) is 0 Å². The molecule has 2 aliphatic rings. The molecule has 0 aliphatic heterocycles. The fourth-order valence-electron chi connectivity index (χ4n) is 5.42. The van der Waals surface area contributed by atoms with Gasteiger partial charge in [0, 0.05) is 6.42 Å². The lowest BCUT2D eigenvalue weighted by atomic mass is 9.46. The number of fused-ring (bicyclic) bond motifs is 1. The van der Waals surface area contributed by atoms with Crippen molar-refractivity contribution in [2.75, 3.05) is 7.11 Å². The van der Waals surface area contributed by atoms with E-state index in [9.17, 15) is 4.79 Å². The smallest absolute Gasteiger partial charge is 0.305 e. The number of methoxy groups -OCH3 is 1. The van der Waals surface area contributed by atoms with Gasteiger partial charge in [0.15, 0.2) is 0 Å². The number of allylic oxidation sites excluding steroid dienone is 1. The summed E-state index contributed by atoms with van der Waals surface area (Å²) in [6.45, 7) is 14.1. The molecular weight excluding hydrogens is 284 g/mol. The lowest BCUT2D eigenvalue weighted by Crippen LogP contribution is -2.50. The van der Waals surface area contributed by atoms with Crippen LogP contribution in [0.2, 0.25) is 0 Å². The van der Waals surface area contributed by atoms with Crippen LogP contribution in [-0.2, 0) is 9.53 Å². The second-order valence-corrected chi connectivity index (χ2v) is 8.84. The summed E-state index contributed by atoms with van der Waals surface area (Å²) < 4.78 is 4.82. The molecule has 2 rings (SSSR count). The molecule has 2 aliphatic carbocycles. The van der Waals surface area contributed by atoms with Gasteiger partial charge in [-0.25, -0.2) is 0 Å². The van der Waals surface area contributed by atoms with Gasteiger partial charge in [-0.05, 0) is 73.5 Å². The lowest BCUT2D eigenvalue weighted by molar-refractivity contribution is -0.141. The van der Waals surface area contributed by atoms with Crippen molar-refractivity contribution in [2.24, 2.45) is 28.6 Å². The molecule has 2 fully saturated rings. The number of hydrogen-bond acceptors (Lipinski definition) is 2. The van der Waals surface area contributed by atoms with Gasteiger partial charge in [-0.1, -0.05) is 39.8 Å². The molecule has 0 N–H and O–H groups in total. The summed E-state index contributed by atoms with van der Waals surface area (Å²) in [4.78, 5) is 11.5. The molecule has 0 bridgehead atoms. The van der Waals surface area contributed by atoms with Gasteiger partial charge in [0.05, 0.1) is 7.11 Å². The van der Waals surface area contributed by atoms with E-state index in [1.54, 1.807) is 0 Å². The van der Waals surface area contributed by atoms with Crippen LogP contribution in [0.3, 0.4) is 0 Å². The Morgan fingerprint density at radius 1 is 1.39 bits per heavy atom. The quantitative estimate of drug-likeness (QED) is 0.475. The summed E-state index contributed by atoms with van der Waals surface area (Å²) in [5.41, 5.74) is 2.21. The second-order valence-electron chi connectivity index (χ2n) is 8.84. The van der Waals surface area contributed by atoms with Crippen LogP contribution in [0, 0.1) is 28.6 Å². The molecule has 0 aromatic carbocycles. The number of esters is 1. The zero-order chi connectivity index (χ0) is 17.3. The Morgan fingerprint density at radius 2 is 2.09 bits per heavy atom. The van der Waals surface area contributed by atoms with E-state index in [-0.39, 0.29) is 5.97 Å². The van der Waals surface area contributed by atoms with Gasteiger partial charge < -0.3 is 4.74 Å². The molecule has 0 unspecified atom stereocenters. The molecule has 132 valence electrons. The maximum absolute atomic E-state index is 11.5. The Kier molecular flexibility index (Phi) is 5.63. The number of hydrogen-bond donors (Lipinski definition) is 0. The molecule has 2 heteroatoms. The highest BCUT2D eigenvalue weighted by Crippen LogP contribution is 2.62. The van der Waals surface area contributed by atoms with Crippen LogP contribution >= 0.6 is 0 Å². The predicted molar refractivity (Wildman–Crippen MR) is 96.1 cm³/mol. The van der Waals surface area contributed by atoms with E-state index in [0.29, 0.717) is 23.2 Å². The zero-order valence-corrected chi connectivity index (χ0v) is 15.9. The van der Waals surface area contributed by atoms with Gasteiger partial charge in [0.2, 0.25) is 0 Å². The summed E-state index contributed by atoms with van der Waals surface area (Å²) in [5, 5.41) is 0. The van der Waals surface area contributed by atoms with E-state index in [0.717, 1.165) is 18.3 Å². The molecule has 0 heterocycles. The van der Waals surface area contributed by atoms with Gasteiger partial charge in [-0.3, -0.25) is 4.79 Å². The summed E-state index contributed by atoms with van der Waals surface area (Å²) in [5.74, 6) is 1.85. The highest BCUT2D eigenvalue weighted by Gasteiger charge is 2.53. The average molecular weight is 321 g/mol. The SMILES string of the molecule is C=C1CCC[C@H]2[C@](C)(CC[C@@H](C)CC(=O)OC)[C@@H](C)CC[C@]12C. The Balaban J connectivity index is 2.10. The maximum Gasteiger partial charge on any atom is 0.305 e. The van der Waals surface area contributed by atoms with E-state index in [1.807, 2.05) is 0 Å². The monoisotopic (exact) mass is 320 g/mol. The van der Waals surface area contributed by atoms with Crippen molar-refractivity contribution in [1.29, 1.82) is 0 Å². The van der Waals surface area contributed by atoms with E-state index in [2.05, 4.69) is 34.3 Å². The third-order valence-electron chi connectivity index (χ3n) is 7.49. The van der Waals surface area contributed by atoms with Gasteiger partial charge >= 0.3 is 5.97 Å². The first-order chi connectivity index (χ1) is 10.7. The van der Waals surface area contributed by atoms with Gasteiger partial charge in [-0.15, -0.1) is 0 Å². The first-order valence-corrected chi connectivity index (χ1v) is 9.49. The lowest BCUT2D eigenvalue weighted by Gasteiger charge is -2.59. The van der Waals surface area contributed by atoms with Crippen molar-refractivity contribution in [3.63, 3.8) is 0 Å². The summed E-state index contributed by atoms with van der Waals surface area (Å²) >= 11 is 0. The number of carbonyl (C=O) groups is 1. The Bertz CT molecular complexity index is 455.